The predicted molar refractivity (Wildman–Crippen MR) is 89.2 cm³/mol. The van der Waals surface area contributed by atoms with Gasteiger partial charge in [0.25, 0.3) is 5.89 Å². The summed E-state index contributed by atoms with van der Waals surface area (Å²) in [5.74, 6) is -0.296. The average molecular weight is 370 g/mol. The Kier molecular flexibility index (Phi) is 4.51. The molecule has 118 valence electrons. The normalized spacial score (nSPS) is 10.7. The molecule has 9 heteroatoms. The van der Waals surface area contributed by atoms with E-state index in [1.165, 1.54) is 11.3 Å². The summed E-state index contributed by atoms with van der Waals surface area (Å²) in [6.45, 7) is -0.245. The number of aliphatic carboxylic acids is 1. The van der Waals surface area contributed by atoms with Crippen LogP contribution in [0.5, 0.6) is 0 Å². The van der Waals surface area contributed by atoms with E-state index in [1.54, 1.807) is 24.3 Å². The van der Waals surface area contributed by atoms with Gasteiger partial charge < -0.3 is 14.9 Å². The molecule has 0 bridgehead atoms. The number of rotatable bonds is 5. The molecule has 0 saturated heterocycles. The Labute approximate surface area is 144 Å². The summed E-state index contributed by atoms with van der Waals surface area (Å²) in [6, 6.07) is 6.77. The van der Waals surface area contributed by atoms with Crippen molar-refractivity contribution in [2.75, 3.05) is 11.9 Å². The number of nitrogens with zero attached hydrogens (tertiary/aromatic N) is 2. The zero-order chi connectivity index (χ0) is 16.4. The molecule has 3 aromatic rings. The second kappa shape index (κ2) is 6.57. The fourth-order valence-corrected chi connectivity index (χ4v) is 3.09. The van der Waals surface area contributed by atoms with Crippen molar-refractivity contribution >= 4 is 46.2 Å². The number of hydrogen-bond donors (Lipinski definition) is 2. The van der Waals surface area contributed by atoms with Gasteiger partial charge in [-0.2, -0.15) is 4.98 Å². The molecule has 2 N–H and O–H groups in total. The van der Waals surface area contributed by atoms with Gasteiger partial charge in [-0.1, -0.05) is 28.4 Å². The molecule has 0 spiro atoms. The van der Waals surface area contributed by atoms with Gasteiger partial charge in [-0.15, -0.1) is 11.3 Å². The molecule has 23 heavy (non-hydrogen) atoms. The SMILES string of the molecule is O=C(O)CNc1cc(-c2noc(-c3sccc3Cl)n2)ccc1Cl. The highest BCUT2D eigenvalue weighted by atomic mass is 35.5. The van der Waals surface area contributed by atoms with Gasteiger partial charge in [0.1, 0.15) is 11.4 Å². The van der Waals surface area contributed by atoms with E-state index >= 15 is 0 Å². The van der Waals surface area contributed by atoms with Crippen molar-refractivity contribution < 1.29 is 14.4 Å². The average Bonchev–Trinajstić information content (AvgIpc) is 3.15. The first-order valence-corrected chi connectivity index (χ1v) is 8.01. The molecule has 2 heterocycles. The van der Waals surface area contributed by atoms with Crippen molar-refractivity contribution in [1.29, 1.82) is 0 Å². The molecule has 0 radical (unpaired) electrons. The van der Waals surface area contributed by atoms with Gasteiger partial charge in [0.15, 0.2) is 0 Å². The van der Waals surface area contributed by atoms with E-state index in [1.807, 2.05) is 5.38 Å². The van der Waals surface area contributed by atoms with Crippen LogP contribution in [0.3, 0.4) is 0 Å². The number of carbonyl (C=O) groups is 1. The van der Waals surface area contributed by atoms with Gasteiger partial charge in [0.2, 0.25) is 5.82 Å². The van der Waals surface area contributed by atoms with Crippen LogP contribution in [0, 0.1) is 0 Å². The molecule has 0 aliphatic carbocycles. The first-order valence-electron chi connectivity index (χ1n) is 6.37. The Hall–Kier alpha value is -2.09. The Balaban J connectivity index is 1.90. The van der Waals surface area contributed by atoms with Gasteiger partial charge in [0, 0.05) is 5.56 Å². The second-order valence-corrected chi connectivity index (χ2v) is 6.19. The highest BCUT2D eigenvalue weighted by Gasteiger charge is 2.15. The van der Waals surface area contributed by atoms with Crippen LogP contribution >= 0.6 is 34.5 Å². The van der Waals surface area contributed by atoms with E-state index in [2.05, 4.69) is 15.5 Å². The lowest BCUT2D eigenvalue weighted by Crippen LogP contribution is -2.12. The van der Waals surface area contributed by atoms with E-state index in [0.717, 1.165) is 0 Å². The molecule has 0 saturated carbocycles. The monoisotopic (exact) mass is 369 g/mol. The van der Waals surface area contributed by atoms with Crippen molar-refractivity contribution in [3.63, 3.8) is 0 Å². The van der Waals surface area contributed by atoms with E-state index in [9.17, 15) is 4.79 Å². The maximum atomic E-state index is 10.6. The van der Waals surface area contributed by atoms with Crippen LogP contribution in [0.2, 0.25) is 10.0 Å². The topological polar surface area (TPSA) is 88.2 Å². The highest BCUT2D eigenvalue weighted by molar-refractivity contribution is 7.14. The smallest absolute Gasteiger partial charge is 0.322 e. The lowest BCUT2D eigenvalue weighted by Gasteiger charge is -2.06. The molecule has 1 aromatic carbocycles. The number of halogens is 2. The van der Waals surface area contributed by atoms with Gasteiger partial charge in [-0.25, -0.2) is 0 Å². The van der Waals surface area contributed by atoms with Gasteiger partial charge in [0.05, 0.1) is 15.7 Å². The van der Waals surface area contributed by atoms with Crippen molar-refractivity contribution in [3.05, 3.63) is 39.7 Å². The molecule has 0 aliphatic rings. The van der Waals surface area contributed by atoms with Gasteiger partial charge in [-0.3, -0.25) is 4.79 Å². The molecule has 3 rings (SSSR count). The molecule has 0 unspecified atom stereocenters. The van der Waals surface area contributed by atoms with Crippen molar-refractivity contribution in [1.82, 2.24) is 10.1 Å². The van der Waals surface area contributed by atoms with E-state index in [-0.39, 0.29) is 6.54 Å². The summed E-state index contributed by atoms with van der Waals surface area (Å²) in [6.07, 6.45) is 0. The number of nitrogens with one attached hydrogen (secondary N) is 1. The standard InChI is InChI=1S/C14H9Cl2N3O3S/c15-8-2-1-7(5-10(8)17-6-11(20)21)13-18-14(22-19-13)12-9(16)3-4-23-12/h1-5,17H,6H2,(H,20,21). The van der Waals surface area contributed by atoms with Crippen LogP contribution in [0.25, 0.3) is 22.2 Å². The minimum Gasteiger partial charge on any atom is -0.480 e. The lowest BCUT2D eigenvalue weighted by atomic mass is 10.2. The second-order valence-electron chi connectivity index (χ2n) is 4.46. The van der Waals surface area contributed by atoms with Crippen molar-refractivity contribution in [2.45, 2.75) is 0 Å². The van der Waals surface area contributed by atoms with Crippen LogP contribution in [0.15, 0.2) is 34.2 Å². The van der Waals surface area contributed by atoms with Crippen molar-refractivity contribution in [2.24, 2.45) is 0 Å². The molecule has 0 amide bonds. The summed E-state index contributed by atoms with van der Waals surface area (Å²) in [5, 5.41) is 18.2. The number of anilines is 1. The summed E-state index contributed by atoms with van der Waals surface area (Å²) in [4.78, 5) is 15.7. The van der Waals surface area contributed by atoms with Crippen molar-refractivity contribution in [3.8, 4) is 22.2 Å². The van der Waals surface area contributed by atoms with E-state index < -0.39 is 5.97 Å². The predicted octanol–water partition coefficient (Wildman–Crippen LogP) is 4.27. The number of thiophene rings is 1. The third-order valence-electron chi connectivity index (χ3n) is 2.89. The molecular formula is C14H9Cl2N3O3S. The number of hydrogen-bond acceptors (Lipinski definition) is 6. The third kappa shape index (κ3) is 3.47. The van der Waals surface area contributed by atoms with Crippen LogP contribution in [-0.2, 0) is 4.79 Å². The molecule has 6 nitrogen and oxygen atoms in total. The Morgan fingerprint density at radius 3 is 2.83 bits per heavy atom. The van der Waals surface area contributed by atoms with Crippen LogP contribution in [-0.4, -0.2) is 27.8 Å². The first kappa shape index (κ1) is 15.8. The quantitative estimate of drug-likeness (QED) is 0.697. The molecule has 2 aromatic heterocycles. The molecule has 0 fully saturated rings. The minimum absolute atomic E-state index is 0.245. The van der Waals surface area contributed by atoms with Gasteiger partial charge >= 0.3 is 5.97 Å². The van der Waals surface area contributed by atoms with Crippen LogP contribution in [0.4, 0.5) is 5.69 Å². The maximum absolute atomic E-state index is 10.6. The number of benzene rings is 1. The highest BCUT2D eigenvalue weighted by Crippen LogP contribution is 2.34. The summed E-state index contributed by atoms with van der Waals surface area (Å²) < 4.78 is 5.23. The summed E-state index contributed by atoms with van der Waals surface area (Å²) >= 11 is 13.5. The summed E-state index contributed by atoms with van der Waals surface area (Å²) in [7, 11) is 0. The van der Waals surface area contributed by atoms with E-state index in [0.29, 0.717) is 37.9 Å². The molecule has 0 atom stereocenters. The zero-order valence-corrected chi connectivity index (χ0v) is 13.7. The largest absolute Gasteiger partial charge is 0.480 e. The fourth-order valence-electron chi connectivity index (χ4n) is 1.85. The number of carboxylic acid groups (broad SMARTS) is 1. The molecule has 0 aliphatic heterocycles. The van der Waals surface area contributed by atoms with Crippen LogP contribution < -0.4 is 5.32 Å². The third-order valence-corrected chi connectivity index (χ3v) is 4.55. The number of aromatic nitrogens is 2. The minimum atomic E-state index is -0.986. The lowest BCUT2D eigenvalue weighted by molar-refractivity contribution is -0.134. The Morgan fingerprint density at radius 2 is 2.13 bits per heavy atom. The maximum Gasteiger partial charge on any atom is 0.322 e. The first-order chi connectivity index (χ1) is 11.0. The fraction of sp³-hybridized carbons (Fsp3) is 0.0714. The number of carboxylic acids is 1. The zero-order valence-electron chi connectivity index (χ0n) is 11.4. The van der Waals surface area contributed by atoms with Gasteiger partial charge in [-0.05, 0) is 29.6 Å². The van der Waals surface area contributed by atoms with Crippen LogP contribution in [0.1, 0.15) is 0 Å². The summed E-state index contributed by atoms with van der Waals surface area (Å²) in [5.41, 5.74) is 1.12. The Bertz CT molecular complexity index is 863. The molecular weight excluding hydrogens is 361 g/mol. The Morgan fingerprint density at radius 1 is 1.30 bits per heavy atom. The van der Waals surface area contributed by atoms with E-state index in [4.69, 9.17) is 32.8 Å².